The number of para-hydroxylation sites is 1. The number of H-pyrrole nitrogens is 1. The van der Waals surface area contributed by atoms with E-state index in [0.29, 0.717) is 6.42 Å². The molecule has 0 atom stereocenters. The Balaban J connectivity index is 1.74. The molecule has 0 amide bonds. The largest absolute Gasteiger partial charge is 0.509 e. The Morgan fingerprint density at radius 2 is 1.81 bits per heavy atom. The fourth-order valence-corrected chi connectivity index (χ4v) is 4.83. The minimum Gasteiger partial charge on any atom is -0.430 e. The van der Waals surface area contributed by atoms with Crippen molar-refractivity contribution in [1.29, 1.82) is 0 Å². The number of aromatic amines is 1. The van der Waals surface area contributed by atoms with Gasteiger partial charge < -0.3 is 14.5 Å². The van der Waals surface area contributed by atoms with Gasteiger partial charge in [0.25, 0.3) is 5.69 Å². The number of ether oxygens (including phenoxy) is 2. The van der Waals surface area contributed by atoms with E-state index in [1.165, 1.54) is 22.5 Å². The van der Waals surface area contributed by atoms with E-state index >= 15 is 0 Å². The highest BCUT2D eigenvalue weighted by atomic mass is 32.2. The third kappa shape index (κ3) is 7.15. The quantitative estimate of drug-likeness (QED) is 0.177. The number of benzene rings is 2. The van der Waals surface area contributed by atoms with Crippen molar-refractivity contribution in [2.75, 3.05) is 19.7 Å². The maximum Gasteiger partial charge on any atom is 0.509 e. The number of carbonyl (C=O) groups is 1. The molecular weight excluding hydrogens is 486 g/mol. The lowest BCUT2D eigenvalue weighted by atomic mass is 10.1. The molecule has 0 saturated carbocycles. The second kappa shape index (κ2) is 11.4. The Hall–Kier alpha value is -3.70. The van der Waals surface area contributed by atoms with Crippen molar-refractivity contribution < 1.29 is 27.6 Å². The lowest BCUT2D eigenvalue weighted by molar-refractivity contribution is -0.384. The summed E-state index contributed by atoms with van der Waals surface area (Å²) in [5.74, 6) is 0. The highest BCUT2D eigenvalue weighted by Crippen LogP contribution is 2.22. The standard InChI is InChI=1S/C25H29N3O7S/c1-25(2,3)35-24(29)34-17-7-6-15-27(16-14-19-18-26-23-9-5-4-8-22(19)23)36(32,33)21-12-10-20(11-13-21)28(30)31/h4-13,18,26H,14-17H2,1-3H3/b7-6+. The van der Waals surface area contributed by atoms with E-state index in [4.69, 9.17) is 9.47 Å². The first-order chi connectivity index (χ1) is 17.0. The summed E-state index contributed by atoms with van der Waals surface area (Å²) in [6.07, 6.45) is 4.60. The van der Waals surface area contributed by atoms with Crippen LogP contribution in [0.2, 0.25) is 0 Å². The fraction of sp³-hybridized carbons (Fsp3) is 0.320. The molecule has 11 heteroatoms. The molecule has 0 saturated heterocycles. The number of nitrogens with one attached hydrogen (secondary N) is 1. The van der Waals surface area contributed by atoms with Crippen molar-refractivity contribution in [2.24, 2.45) is 0 Å². The van der Waals surface area contributed by atoms with Gasteiger partial charge in [0.05, 0.1) is 9.82 Å². The zero-order chi connectivity index (χ0) is 26.3. The molecule has 10 nitrogen and oxygen atoms in total. The van der Waals surface area contributed by atoms with Gasteiger partial charge in [0.1, 0.15) is 12.2 Å². The van der Waals surface area contributed by atoms with Crippen LogP contribution in [-0.2, 0) is 25.9 Å². The van der Waals surface area contributed by atoms with Gasteiger partial charge in [0.15, 0.2) is 0 Å². The summed E-state index contributed by atoms with van der Waals surface area (Å²) in [4.78, 5) is 25.2. The molecule has 1 N–H and O–H groups in total. The number of hydrogen-bond donors (Lipinski definition) is 1. The molecule has 0 radical (unpaired) electrons. The third-order valence-electron chi connectivity index (χ3n) is 5.15. The van der Waals surface area contributed by atoms with Gasteiger partial charge in [0.2, 0.25) is 10.0 Å². The normalized spacial score (nSPS) is 12.3. The Morgan fingerprint density at radius 1 is 1.11 bits per heavy atom. The second-order valence-electron chi connectivity index (χ2n) is 8.97. The lowest BCUT2D eigenvalue weighted by Crippen LogP contribution is -2.33. The van der Waals surface area contributed by atoms with Crippen LogP contribution in [0, 0.1) is 10.1 Å². The average Bonchev–Trinajstić information content (AvgIpc) is 3.22. The third-order valence-corrected chi connectivity index (χ3v) is 7.03. The fourth-order valence-electron chi connectivity index (χ4n) is 3.44. The van der Waals surface area contributed by atoms with Crippen LogP contribution in [-0.4, -0.2) is 54.1 Å². The number of sulfonamides is 1. The van der Waals surface area contributed by atoms with Gasteiger partial charge in [-0.25, -0.2) is 13.2 Å². The first kappa shape index (κ1) is 26.9. The highest BCUT2D eigenvalue weighted by molar-refractivity contribution is 7.89. The van der Waals surface area contributed by atoms with Crippen LogP contribution >= 0.6 is 0 Å². The van der Waals surface area contributed by atoms with Gasteiger partial charge >= 0.3 is 6.16 Å². The van der Waals surface area contributed by atoms with Gasteiger partial charge in [-0.3, -0.25) is 10.1 Å². The van der Waals surface area contributed by atoms with E-state index < -0.39 is 26.7 Å². The Morgan fingerprint density at radius 3 is 2.47 bits per heavy atom. The number of nitro benzene ring substituents is 1. The minimum atomic E-state index is -3.96. The zero-order valence-electron chi connectivity index (χ0n) is 20.3. The molecule has 0 unspecified atom stereocenters. The summed E-state index contributed by atoms with van der Waals surface area (Å²) in [6.45, 7) is 5.26. The number of non-ortho nitro benzene ring substituents is 1. The molecule has 3 rings (SSSR count). The number of nitro groups is 1. The number of hydrogen-bond acceptors (Lipinski definition) is 7. The zero-order valence-corrected chi connectivity index (χ0v) is 21.2. The first-order valence-electron chi connectivity index (χ1n) is 11.3. The van der Waals surface area contributed by atoms with E-state index in [9.17, 15) is 23.3 Å². The summed E-state index contributed by atoms with van der Waals surface area (Å²) >= 11 is 0. The van der Waals surface area contributed by atoms with E-state index in [0.717, 1.165) is 28.6 Å². The summed E-state index contributed by atoms with van der Waals surface area (Å²) in [5.41, 5.74) is 1.04. The highest BCUT2D eigenvalue weighted by Gasteiger charge is 2.24. The van der Waals surface area contributed by atoms with Gasteiger partial charge in [-0.05, 0) is 57.0 Å². The van der Waals surface area contributed by atoms with Gasteiger partial charge in [-0.2, -0.15) is 4.31 Å². The van der Waals surface area contributed by atoms with Gasteiger partial charge in [-0.1, -0.05) is 24.3 Å². The van der Waals surface area contributed by atoms with E-state index in [1.54, 1.807) is 26.8 Å². The Kier molecular flexibility index (Phi) is 8.49. The first-order valence-corrected chi connectivity index (χ1v) is 12.7. The predicted octanol–water partition coefficient (Wildman–Crippen LogP) is 4.82. The predicted molar refractivity (Wildman–Crippen MR) is 135 cm³/mol. The molecule has 0 spiro atoms. The van der Waals surface area contributed by atoms with Crippen LogP contribution in [0.1, 0.15) is 26.3 Å². The molecule has 0 aliphatic carbocycles. The van der Waals surface area contributed by atoms with Crippen molar-refractivity contribution in [3.8, 4) is 0 Å². The summed E-state index contributed by atoms with van der Waals surface area (Å²) in [6, 6.07) is 12.5. The number of fused-ring (bicyclic) bond motifs is 1. The Labute approximate surface area is 209 Å². The number of nitrogens with zero attached hydrogens (tertiary/aromatic N) is 2. The van der Waals surface area contributed by atoms with Gasteiger partial charge in [0, 0.05) is 42.3 Å². The molecule has 0 aliphatic rings. The molecule has 2 aromatic carbocycles. The van der Waals surface area contributed by atoms with Crippen molar-refractivity contribution in [3.05, 3.63) is 82.6 Å². The van der Waals surface area contributed by atoms with E-state index in [1.807, 2.05) is 30.5 Å². The molecular formula is C25H29N3O7S. The van der Waals surface area contributed by atoms with Crippen LogP contribution in [0.4, 0.5) is 10.5 Å². The Bertz CT molecular complexity index is 1340. The topological polar surface area (TPSA) is 132 Å². The molecule has 0 aliphatic heterocycles. The monoisotopic (exact) mass is 515 g/mol. The van der Waals surface area contributed by atoms with Crippen LogP contribution in [0.3, 0.4) is 0 Å². The van der Waals surface area contributed by atoms with Crippen LogP contribution < -0.4 is 0 Å². The van der Waals surface area contributed by atoms with E-state index in [-0.39, 0.29) is 30.3 Å². The number of rotatable bonds is 10. The van der Waals surface area contributed by atoms with Crippen molar-refractivity contribution in [2.45, 2.75) is 37.7 Å². The number of aromatic nitrogens is 1. The van der Waals surface area contributed by atoms with Crippen molar-refractivity contribution in [3.63, 3.8) is 0 Å². The molecule has 1 aromatic heterocycles. The summed E-state index contributed by atoms with van der Waals surface area (Å²) < 4.78 is 38.1. The van der Waals surface area contributed by atoms with Crippen molar-refractivity contribution in [1.82, 2.24) is 9.29 Å². The molecule has 1 heterocycles. The maximum atomic E-state index is 13.4. The molecule has 36 heavy (non-hydrogen) atoms. The minimum absolute atomic E-state index is 0.0132. The SMILES string of the molecule is CC(C)(C)OC(=O)OC/C=C/CN(CCc1c[nH]c2ccccc12)S(=O)(=O)c1ccc([N+](=O)[O-])cc1. The van der Waals surface area contributed by atoms with Gasteiger partial charge in [-0.15, -0.1) is 0 Å². The smallest absolute Gasteiger partial charge is 0.430 e. The lowest BCUT2D eigenvalue weighted by Gasteiger charge is -2.21. The molecule has 192 valence electrons. The van der Waals surface area contributed by atoms with Crippen molar-refractivity contribution >= 4 is 32.8 Å². The van der Waals surface area contributed by atoms with E-state index in [2.05, 4.69) is 4.98 Å². The average molecular weight is 516 g/mol. The summed E-state index contributed by atoms with van der Waals surface area (Å²) in [7, 11) is -3.96. The summed E-state index contributed by atoms with van der Waals surface area (Å²) in [5, 5.41) is 12.0. The maximum absolute atomic E-state index is 13.4. The molecule has 0 fully saturated rings. The molecule has 3 aromatic rings. The molecule has 0 bridgehead atoms. The van der Waals surface area contributed by atoms with Crippen LogP contribution in [0.15, 0.2) is 71.8 Å². The van der Waals surface area contributed by atoms with Crippen LogP contribution in [0.25, 0.3) is 10.9 Å². The second-order valence-corrected chi connectivity index (χ2v) is 10.9. The number of carbonyl (C=O) groups excluding carboxylic acids is 1. The van der Waals surface area contributed by atoms with Crippen LogP contribution in [0.5, 0.6) is 0 Å².